The monoisotopic (exact) mass is 510 g/mol. The number of aromatic nitrogens is 2. The predicted molar refractivity (Wildman–Crippen MR) is 115 cm³/mol. The standard InChI is InChI=1S/C25H23N2O2.HI/c1-3-26-17-27(4-2)25-23(21-11-7-19(16-29)8-12-21)14-13-22(24(25)26)20-9-5-18(15-28)6-10-20;/h5-17H,3-4H2,1-2H3;1H/q+1;/p-1. The molecule has 3 aromatic carbocycles. The largest absolute Gasteiger partial charge is 1.00 e. The molecule has 5 heteroatoms. The van der Waals surface area contributed by atoms with E-state index in [9.17, 15) is 9.59 Å². The van der Waals surface area contributed by atoms with Gasteiger partial charge in [0.2, 0.25) is 6.33 Å². The molecule has 152 valence electrons. The number of rotatable bonds is 6. The van der Waals surface area contributed by atoms with Crippen LogP contribution in [0.2, 0.25) is 0 Å². The number of aryl methyl sites for hydroxylation is 2. The van der Waals surface area contributed by atoms with Gasteiger partial charge in [0, 0.05) is 22.3 Å². The summed E-state index contributed by atoms with van der Waals surface area (Å²) in [4.78, 5) is 22.1. The Balaban J connectivity index is 0.00000256. The third-order valence-corrected chi connectivity index (χ3v) is 5.40. The van der Waals surface area contributed by atoms with E-state index in [0.29, 0.717) is 11.1 Å². The lowest BCUT2D eigenvalue weighted by molar-refractivity contribution is -0.668. The minimum absolute atomic E-state index is 0. The van der Waals surface area contributed by atoms with E-state index in [1.54, 1.807) is 0 Å². The normalized spacial score (nSPS) is 10.6. The van der Waals surface area contributed by atoms with Crippen LogP contribution in [-0.2, 0) is 13.1 Å². The maximum atomic E-state index is 11.0. The topological polar surface area (TPSA) is 43.0 Å². The van der Waals surface area contributed by atoms with Crippen molar-refractivity contribution in [3.8, 4) is 22.3 Å². The molecule has 4 aromatic rings. The summed E-state index contributed by atoms with van der Waals surface area (Å²) in [5, 5.41) is 0. The van der Waals surface area contributed by atoms with Gasteiger partial charge in [0.25, 0.3) is 0 Å². The fourth-order valence-corrected chi connectivity index (χ4v) is 3.87. The number of fused-ring (bicyclic) bond motifs is 1. The van der Waals surface area contributed by atoms with Gasteiger partial charge in [0.05, 0.1) is 13.1 Å². The van der Waals surface area contributed by atoms with Crippen LogP contribution in [0.3, 0.4) is 0 Å². The molecule has 0 fully saturated rings. The van der Waals surface area contributed by atoms with Crippen LogP contribution in [0.15, 0.2) is 67.0 Å². The smallest absolute Gasteiger partial charge is 0.244 e. The summed E-state index contributed by atoms with van der Waals surface area (Å²) in [5.74, 6) is 0. The van der Waals surface area contributed by atoms with Crippen molar-refractivity contribution in [3.05, 3.63) is 78.1 Å². The molecule has 0 atom stereocenters. The van der Waals surface area contributed by atoms with E-state index >= 15 is 0 Å². The Bertz CT molecular complexity index is 1100. The molecule has 0 bridgehead atoms. The van der Waals surface area contributed by atoms with Crippen molar-refractivity contribution >= 4 is 23.6 Å². The Morgan fingerprint density at radius 1 is 0.767 bits per heavy atom. The number of carbonyl (C=O) groups excluding carboxylic acids is 2. The molecule has 1 aromatic heterocycles. The molecule has 0 amide bonds. The first-order chi connectivity index (χ1) is 14.2. The highest BCUT2D eigenvalue weighted by Gasteiger charge is 2.23. The van der Waals surface area contributed by atoms with Crippen molar-refractivity contribution in [2.45, 2.75) is 26.9 Å². The van der Waals surface area contributed by atoms with Crippen molar-refractivity contribution in [3.63, 3.8) is 0 Å². The van der Waals surface area contributed by atoms with Crippen molar-refractivity contribution in [1.82, 2.24) is 4.57 Å². The summed E-state index contributed by atoms with van der Waals surface area (Å²) < 4.78 is 4.54. The second-order valence-corrected chi connectivity index (χ2v) is 7.03. The minimum Gasteiger partial charge on any atom is -1.00 e. The van der Waals surface area contributed by atoms with E-state index in [4.69, 9.17) is 0 Å². The van der Waals surface area contributed by atoms with Crippen molar-refractivity contribution in [2.75, 3.05) is 0 Å². The maximum absolute atomic E-state index is 11.0. The molecule has 0 aliphatic carbocycles. The number of hydrogen-bond acceptors (Lipinski definition) is 2. The molecule has 30 heavy (non-hydrogen) atoms. The summed E-state index contributed by atoms with van der Waals surface area (Å²) in [6, 6.07) is 19.7. The number of nitrogens with zero attached hydrogens (tertiary/aromatic N) is 2. The SMILES string of the molecule is CCn1c[n+](CC)c2c(-c3ccc(C=O)cc3)ccc(-c3ccc(C=O)cc3)c21.[I-]. The molecule has 0 saturated heterocycles. The van der Waals surface area contributed by atoms with Gasteiger partial charge in [-0.15, -0.1) is 0 Å². The lowest BCUT2D eigenvalue weighted by Crippen LogP contribution is -3.00. The van der Waals surface area contributed by atoms with Gasteiger partial charge < -0.3 is 24.0 Å². The Hall–Kier alpha value is -2.80. The lowest BCUT2D eigenvalue weighted by Gasteiger charge is -2.09. The van der Waals surface area contributed by atoms with Crippen molar-refractivity contribution < 1.29 is 38.1 Å². The molecule has 0 radical (unpaired) electrons. The van der Waals surface area contributed by atoms with Crippen LogP contribution in [0, 0.1) is 0 Å². The predicted octanol–water partition coefficient (Wildman–Crippen LogP) is 1.93. The van der Waals surface area contributed by atoms with E-state index < -0.39 is 0 Å². The molecule has 4 nitrogen and oxygen atoms in total. The van der Waals surface area contributed by atoms with Crippen LogP contribution in [0.5, 0.6) is 0 Å². The number of halogens is 1. The van der Waals surface area contributed by atoms with Gasteiger partial charge in [-0.2, -0.15) is 0 Å². The quantitative estimate of drug-likeness (QED) is 0.226. The van der Waals surface area contributed by atoms with Crippen LogP contribution in [0.1, 0.15) is 34.6 Å². The summed E-state index contributed by atoms with van der Waals surface area (Å²) in [7, 11) is 0. The van der Waals surface area contributed by atoms with Gasteiger partial charge in [-0.1, -0.05) is 48.5 Å². The molecule has 1 heterocycles. The van der Waals surface area contributed by atoms with Gasteiger partial charge in [0.1, 0.15) is 12.6 Å². The van der Waals surface area contributed by atoms with Gasteiger partial charge in [-0.05, 0) is 37.1 Å². The molecule has 0 N–H and O–H groups in total. The first-order valence-corrected chi connectivity index (χ1v) is 9.86. The molecule has 0 unspecified atom stereocenters. The van der Waals surface area contributed by atoms with Gasteiger partial charge in [0.15, 0.2) is 11.0 Å². The fraction of sp³-hybridized carbons (Fsp3) is 0.160. The van der Waals surface area contributed by atoms with Crippen molar-refractivity contribution in [1.29, 1.82) is 0 Å². The molecular formula is C25H23IN2O2. The zero-order chi connectivity index (χ0) is 20.4. The van der Waals surface area contributed by atoms with Crippen LogP contribution in [0.4, 0.5) is 0 Å². The zero-order valence-electron chi connectivity index (χ0n) is 17.0. The Morgan fingerprint density at radius 3 is 1.73 bits per heavy atom. The number of hydrogen-bond donors (Lipinski definition) is 0. The minimum atomic E-state index is 0. The molecule has 0 aliphatic rings. The molecule has 0 aliphatic heterocycles. The van der Waals surface area contributed by atoms with Crippen LogP contribution >= 0.6 is 0 Å². The number of aldehydes is 2. The van der Waals surface area contributed by atoms with E-state index in [1.807, 2.05) is 48.5 Å². The number of imidazole rings is 1. The fourth-order valence-electron chi connectivity index (χ4n) is 3.87. The summed E-state index contributed by atoms with van der Waals surface area (Å²) >= 11 is 0. The first-order valence-electron chi connectivity index (χ1n) is 9.86. The third kappa shape index (κ3) is 3.81. The third-order valence-electron chi connectivity index (χ3n) is 5.40. The highest BCUT2D eigenvalue weighted by atomic mass is 127. The second-order valence-electron chi connectivity index (χ2n) is 7.03. The average Bonchev–Trinajstić information content (AvgIpc) is 3.18. The molecule has 4 rings (SSSR count). The van der Waals surface area contributed by atoms with E-state index in [-0.39, 0.29) is 24.0 Å². The van der Waals surface area contributed by atoms with Crippen LogP contribution < -0.4 is 28.5 Å². The highest BCUT2D eigenvalue weighted by Crippen LogP contribution is 2.34. The van der Waals surface area contributed by atoms with E-state index in [1.165, 1.54) is 11.0 Å². The van der Waals surface area contributed by atoms with Gasteiger partial charge in [-0.25, -0.2) is 9.13 Å². The summed E-state index contributed by atoms with van der Waals surface area (Å²) in [6.45, 7) is 6.00. The Kier molecular flexibility index (Phi) is 6.82. The van der Waals surface area contributed by atoms with E-state index in [0.717, 1.165) is 47.9 Å². The first kappa shape index (κ1) is 21.9. The molecule has 0 spiro atoms. The Morgan fingerprint density at radius 2 is 1.27 bits per heavy atom. The Labute approximate surface area is 193 Å². The average molecular weight is 510 g/mol. The number of benzene rings is 3. The highest BCUT2D eigenvalue weighted by molar-refractivity contribution is 5.99. The summed E-state index contributed by atoms with van der Waals surface area (Å²) in [5.41, 5.74) is 8.13. The lowest BCUT2D eigenvalue weighted by atomic mass is 9.96. The van der Waals surface area contributed by atoms with Gasteiger partial charge >= 0.3 is 0 Å². The van der Waals surface area contributed by atoms with Gasteiger partial charge in [-0.3, -0.25) is 9.59 Å². The van der Waals surface area contributed by atoms with Crippen LogP contribution in [-0.4, -0.2) is 17.1 Å². The number of carbonyl (C=O) groups is 2. The van der Waals surface area contributed by atoms with Crippen LogP contribution in [0.25, 0.3) is 33.3 Å². The summed E-state index contributed by atoms with van der Waals surface area (Å²) in [6.07, 6.45) is 3.90. The molecule has 0 saturated carbocycles. The zero-order valence-corrected chi connectivity index (χ0v) is 19.2. The van der Waals surface area contributed by atoms with Crippen molar-refractivity contribution in [2.24, 2.45) is 0 Å². The maximum Gasteiger partial charge on any atom is 0.244 e. The molecular weight excluding hydrogens is 487 g/mol. The second kappa shape index (κ2) is 9.34. The van der Waals surface area contributed by atoms with E-state index in [2.05, 4.69) is 41.4 Å².